The maximum Gasteiger partial charge on any atom is 0.337 e. The Balaban J connectivity index is 2.34. The first-order valence-corrected chi connectivity index (χ1v) is 5.67. The molecule has 1 aromatic carbocycles. The van der Waals surface area contributed by atoms with E-state index in [4.69, 9.17) is 5.11 Å². The van der Waals surface area contributed by atoms with Gasteiger partial charge in [-0.2, -0.15) is 0 Å². The molecule has 0 radical (unpaired) electrons. The van der Waals surface area contributed by atoms with Crippen molar-refractivity contribution in [1.82, 2.24) is 4.57 Å². The molecule has 0 spiro atoms. The normalized spacial score (nSPS) is 10.6. The molecule has 0 saturated heterocycles. The highest BCUT2D eigenvalue weighted by molar-refractivity contribution is 5.89. The largest absolute Gasteiger partial charge is 0.508 e. The van der Waals surface area contributed by atoms with Gasteiger partial charge in [0.2, 0.25) is 0 Å². The summed E-state index contributed by atoms with van der Waals surface area (Å²) in [4.78, 5) is 11.0. The number of rotatable bonds is 3. The molecule has 1 aromatic heterocycles. The van der Waals surface area contributed by atoms with E-state index in [1.54, 1.807) is 25.1 Å². The molecule has 18 heavy (non-hydrogen) atoms. The molecule has 0 unspecified atom stereocenters. The van der Waals surface area contributed by atoms with Crippen LogP contribution in [0.4, 0.5) is 0 Å². The van der Waals surface area contributed by atoms with Gasteiger partial charge in [0.05, 0.1) is 5.56 Å². The van der Waals surface area contributed by atoms with Gasteiger partial charge in [-0.05, 0) is 37.6 Å². The molecule has 0 aliphatic carbocycles. The van der Waals surface area contributed by atoms with Crippen LogP contribution < -0.4 is 0 Å². The van der Waals surface area contributed by atoms with Crippen LogP contribution in [0.2, 0.25) is 0 Å². The number of benzene rings is 1. The number of aromatic carboxylic acids is 1. The van der Waals surface area contributed by atoms with Crippen molar-refractivity contribution < 1.29 is 15.0 Å². The predicted octanol–water partition coefficient (Wildman–Crippen LogP) is 2.56. The van der Waals surface area contributed by atoms with Crippen molar-refractivity contribution >= 4 is 5.97 Å². The number of phenols is 1. The van der Waals surface area contributed by atoms with Crippen molar-refractivity contribution in [2.75, 3.05) is 0 Å². The van der Waals surface area contributed by atoms with E-state index in [0.717, 1.165) is 17.0 Å². The molecular weight excluding hydrogens is 230 g/mol. The minimum Gasteiger partial charge on any atom is -0.508 e. The molecule has 4 nitrogen and oxygen atoms in total. The average Bonchev–Trinajstić information content (AvgIpc) is 2.60. The molecule has 0 bridgehead atoms. The molecule has 4 heteroatoms. The molecule has 2 rings (SSSR count). The summed E-state index contributed by atoms with van der Waals surface area (Å²) >= 11 is 0. The SMILES string of the molecule is Cc1cc(C(=O)O)c(C)n1Cc1ccc(O)cc1. The number of hydrogen-bond acceptors (Lipinski definition) is 2. The van der Waals surface area contributed by atoms with Crippen molar-refractivity contribution in [2.24, 2.45) is 0 Å². The molecule has 0 aliphatic rings. The van der Waals surface area contributed by atoms with E-state index in [1.165, 1.54) is 0 Å². The van der Waals surface area contributed by atoms with Gasteiger partial charge < -0.3 is 14.8 Å². The van der Waals surface area contributed by atoms with Gasteiger partial charge in [0, 0.05) is 17.9 Å². The molecule has 0 saturated carbocycles. The lowest BCUT2D eigenvalue weighted by molar-refractivity contribution is 0.0696. The van der Waals surface area contributed by atoms with E-state index in [9.17, 15) is 9.90 Å². The zero-order chi connectivity index (χ0) is 13.3. The number of carboxylic acid groups (broad SMARTS) is 1. The van der Waals surface area contributed by atoms with Crippen molar-refractivity contribution in [3.05, 3.63) is 52.8 Å². The van der Waals surface area contributed by atoms with E-state index in [1.807, 2.05) is 23.6 Å². The highest BCUT2D eigenvalue weighted by Gasteiger charge is 2.14. The van der Waals surface area contributed by atoms with Crippen molar-refractivity contribution in [3.63, 3.8) is 0 Å². The summed E-state index contributed by atoms with van der Waals surface area (Å²) in [6.45, 7) is 4.29. The quantitative estimate of drug-likeness (QED) is 0.873. The van der Waals surface area contributed by atoms with Crippen LogP contribution in [0.15, 0.2) is 30.3 Å². The number of aromatic nitrogens is 1. The summed E-state index contributed by atoms with van der Waals surface area (Å²) in [6.07, 6.45) is 0. The van der Waals surface area contributed by atoms with Crippen LogP contribution in [0.5, 0.6) is 5.75 Å². The van der Waals surface area contributed by atoms with Crippen LogP contribution in [0.1, 0.15) is 27.3 Å². The fraction of sp³-hybridized carbons (Fsp3) is 0.214. The minimum atomic E-state index is -0.903. The Morgan fingerprint density at radius 1 is 1.22 bits per heavy atom. The van der Waals surface area contributed by atoms with Crippen LogP contribution in [-0.2, 0) is 6.54 Å². The molecule has 2 N–H and O–H groups in total. The third-order valence-corrected chi connectivity index (χ3v) is 3.08. The lowest BCUT2D eigenvalue weighted by Crippen LogP contribution is -2.05. The van der Waals surface area contributed by atoms with Gasteiger partial charge in [-0.1, -0.05) is 12.1 Å². The lowest BCUT2D eigenvalue weighted by atomic mass is 10.2. The summed E-state index contributed by atoms with van der Waals surface area (Å²) in [7, 11) is 0. The number of carboxylic acids is 1. The molecule has 2 aromatic rings. The van der Waals surface area contributed by atoms with Gasteiger partial charge in [0.25, 0.3) is 0 Å². The van der Waals surface area contributed by atoms with Gasteiger partial charge in [-0.15, -0.1) is 0 Å². The third-order valence-electron chi connectivity index (χ3n) is 3.08. The Morgan fingerprint density at radius 2 is 1.83 bits per heavy atom. The van der Waals surface area contributed by atoms with Crippen LogP contribution in [0.3, 0.4) is 0 Å². The van der Waals surface area contributed by atoms with E-state index < -0.39 is 5.97 Å². The van der Waals surface area contributed by atoms with Crippen molar-refractivity contribution in [2.45, 2.75) is 20.4 Å². The number of phenolic OH excluding ortho intramolecular Hbond substituents is 1. The minimum absolute atomic E-state index is 0.228. The van der Waals surface area contributed by atoms with Crippen molar-refractivity contribution in [3.8, 4) is 5.75 Å². The second-order valence-electron chi connectivity index (χ2n) is 4.34. The van der Waals surface area contributed by atoms with Crippen molar-refractivity contribution in [1.29, 1.82) is 0 Å². The van der Waals surface area contributed by atoms with Gasteiger partial charge in [-0.3, -0.25) is 0 Å². The topological polar surface area (TPSA) is 62.5 Å². The van der Waals surface area contributed by atoms with E-state index in [-0.39, 0.29) is 5.75 Å². The second-order valence-corrected chi connectivity index (χ2v) is 4.34. The van der Waals surface area contributed by atoms with Gasteiger partial charge in [0.1, 0.15) is 5.75 Å². The smallest absolute Gasteiger partial charge is 0.337 e. The fourth-order valence-electron chi connectivity index (χ4n) is 2.04. The number of hydrogen-bond donors (Lipinski definition) is 2. The number of aromatic hydroxyl groups is 1. The zero-order valence-corrected chi connectivity index (χ0v) is 10.3. The number of carbonyl (C=O) groups is 1. The van der Waals surface area contributed by atoms with Crippen LogP contribution in [0, 0.1) is 13.8 Å². The number of nitrogens with zero attached hydrogens (tertiary/aromatic N) is 1. The van der Waals surface area contributed by atoms with E-state index in [2.05, 4.69) is 0 Å². The predicted molar refractivity (Wildman–Crippen MR) is 68.1 cm³/mol. The summed E-state index contributed by atoms with van der Waals surface area (Å²) in [5, 5.41) is 18.3. The maximum atomic E-state index is 11.0. The summed E-state index contributed by atoms with van der Waals surface area (Å²) in [5.41, 5.74) is 3.02. The molecule has 0 fully saturated rings. The third kappa shape index (κ3) is 2.22. The Kier molecular flexibility index (Phi) is 3.10. The summed E-state index contributed by atoms with van der Waals surface area (Å²) < 4.78 is 1.95. The molecule has 1 heterocycles. The molecule has 0 atom stereocenters. The van der Waals surface area contributed by atoms with Gasteiger partial charge >= 0.3 is 5.97 Å². The maximum absolute atomic E-state index is 11.0. The second kappa shape index (κ2) is 4.56. The average molecular weight is 245 g/mol. The molecule has 0 amide bonds. The van der Waals surface area contributed by atoms with Gasteiger partial charge in [0.15, 0.2) is 0 Å². The first-order valence-electron chi connectivity index (χ1n) is 5.67. The monoisotopic (exact) mass is 245 g/mol. The van der Waals surface area contributed by atoms with Gasteiger partial charge in [-0.25, -0.2) is 4.79 Å². The Bertz CT molecular complexity index is 582. The first kappa shape index (κ1) is 12.2. The molecule has 94 valence electrons. The molecule has 0 aliphatic heterocycles. The van der Waals surface area contributed by atoms with E-state index >= 15 is 0 Å². The number of aryl methyl sites for hydroxylation is 1. The lowest BCUT2D eigenvalue weighted by Gasteiger charge is -2.09. The Morgan fingerprint density at radius 3 is 2.33 bits per heavy atom. The zero-order valence-electron chi connectivity index (χ0n) is 10.3. The summed E-state index contributed by atoms with van der Waals surface area (Å²) in [5.74, 6) is -0.675. The van der Waals surface area contributed by atoms with Crippen LogP contribution in [-0.4, -0.2) is 20.7 Å². The van der Waals surface area contributed by atoms with E-state index in [0.29, 0.717) is 12.1 Å². The van der Waals surface area contributed by atoms with Crippen LogP contribution in [0.25, 0.3) is 0 Å². The fourth-order valence-corrected chi connectivity index (χ4v) is 2.04. The first-order chi connectivity index (χ1) is 8.49. The summed E-state index contributed by atoms with van der Waals surface area (Å²) in [6, 6.07) is 8.59. The Hall–Kier alpha value is -2.23. The highest BCUT2D eigenvalue weighted by atomic mass is 16.4. The standard InChI is InChI=1S/C14H15NO3/c1-9-7-13(14(17)18)10(2)15(9)8-11-3-5-12(16)6-4-11/h3-7,16H,8H2,1-2H3,(H,17,18). The Labute approximate surface area is 105 Å². The van der Waals surface area contributed by atoms with Crippen LogP contribution >= 0.6 is 0 Å². The highest BCUT2D eigenvalue weighted by Crippen LogP contribution is 2.18. The molecular formula is C14H15NO3.